The summed E-state index contributed by atoms with van der Waals surface area (Å²) < 4.78 is 20.9. The molecule has 7 nitrogen and oxygen atoms in total. The number of hydrogen-bond acceptors (Lipinski definition) is 7. The standard InChI is InChI=1S/C22H14FN5O2S/c23-14-9-5-4-8-12(14)15-13(10-24)19(25)30-17-16(15)21(29)27-20-18(17)31-22(28-20)26-11-6-2-1-3-7-11/h1-9,15H,25H2,(H2,26,27,28,29). The first kappa shape index (κ1) is 18.8. The molecule has 31 heavy (non-hydrogen) atoms. The number of thiazole rings is 1. The van der Waals surface area contributed by atoms with Gasteiger partial charge < -0.3 is 20.8 Å². The summed E-state index contributed by atoms with van der Waals surface area (Å²) in [5, 5.41) is 13.4. The van der Waals surface area contributed by atoms with Crippen LogP contribution in [0.4, 0.5) is 15.2 Å². The van der Waals surface area contributed by atoms with Crippen molar-refractivity contribution in [3.63, 3.8) is 0 Å². The number of halogens is 1. The van der Waals surface area contributed by atoms with E-state index < -0.39 is 17.3 Å². The predicted molar refractivity (Wildman–Crippen MR) is 116 cm³/mol. The number of rotatable bonds is 3. The van der Waals surface area contributed by atoms with E-state index in [2.05, 4.69) is 15.3 Å². The molecule has 1 atom stereocenters. The molecule has 0 fully saturated rings. The van der Waals surface area contributed by atoms with E-state index in [1.54, 1.807) is 6.07 Å². The molecule has 4 aromatic rings. The number of para-hydroxylation sites is 1. The van der Waals surface area contributed by atoms with Crippen LogP contribution >= 0.6 is 11.3 Å². The van der Waals surface area contributed by atoms with Crippen molar-refractivity contribution in [1.82, 2.24) is 9.97 Å². The Morgan fingerprint density at radius 2 is 1.94 bits per heavy atom. The van der Waals surface area contributed by atoms with Crippen molar-refractivity contribution in [2.75, 3.05) is 5.32 Å². The summed E-state index contributed by atoms with van der Waals surface area (Å²) in [5.74, 6) is -1.52. The number of aromatic nitrogens is 2. The van der Waals surface area contributed by atoms with Crippen molar-refractivity contribution < 1.29 is 9.13 Å². The first-order valence-corrected chi connectivity index (χ1v) is 10.1. The maximum absolute atomic E-state index is 14.7. The first-order chi connectivity index (χ1) is 15.1. The maximum atomic E-state index is 14.7. The molecule has 1 aliphatic rings. The Hall–Kier alpha value is -4.16. The number of nitrogens with one attached hydrogen (secondary N) is 2. The van der Waals surface area contributed by atoms with Crippen LogP contribution in [0.2, 0.25) is 0 Å². The third-order valence-corrected chi connectivity index (χ3v) is 5.94. The van der Waals surface area contributed by atoms with Crippen LogP contribution in [-0.2, 0) is 0 Å². The van der Waals surface area contributed by atoms with Gasteiger partial charge in [-0.3, -0.25) is 4.79 Å². The molecule has 152 valence electrons. The third-order valence-electron chi connectivity index (χ3n) is 4.97. The highest BCUT2D eigenvalue weighted by Gasteiger charge is 2.36. The van der Waals surface area contributed by atoms with E-state index >= 15 is 0 Å². The zero-order valence-electron chi connectivity index (χ0n) is 15.8. The number of nitriles is 1. The number of nitrogens with zero attached hydrogens (tertiary/aromatic N) is 2. The number of benzene rings is 2. The number of H-pyrrole nitrogens is 1. The summed E-state index contributed by atoms with van der Waals surface area (Å²) in [6.07, 6.45) is 0. The molecule has 0 amide bonds. The summed E-state index contributed by atoms with van der Waals surface area (Å²) in [4.78, 5) is 20.2. The molecule has 3 heterocycles. The molecule has 1 aliphatic heterocycles. The number of ether oxygens (including phenoxy) is 1. The van der Waals surface area contributed by atoms with Gasteiger partial charge >= 0.3 is 0 Å². The minimum absolute atomic E-state index is 0.0189. The van der Waals surface area contributed by atoms with E-state index in [0.717, 1.165) is 5.69 Å². The van der Waals surface area contributed by atoms with Gasteiger partial charge in [-0.05, 0) is 18.2 Å². The maximum Gasteiger partial charge on any atom is 0.257 e. The Morgan fingerprint density at radius 3 is 2.68 bits per heavy atom. The van der Waals surface area contributed by atoms with Gasteiger partial charge in [0.05, 0.1) is 11.5 Å². The van der Waals surface area contributed by atoms with E-state index in [0.29, 0.717) is 15.5 Å². The van der Waals surface area contributed by atoms with Crippen LogP contribution in [0.5, 0.6) is 5.75 Å². The second-order valence-electron chi connectivity index (χ2n) is 6.83. The average molecular weight is 431 g/mol. The fourth-order valence-electron chi connectivity index (χ4n) is 3.61. The highest BCUT2D eigenvalue weighted by molar-refractivity contribution is 7.22. The highest BCUT2D eigenvalue weighted by Crippen LogP contribution is 2.45. The van der Waals surface area contributed by atoms with Crippen molar-refractivity contribution in [2.45, 2.75) is 5.92 Å². The molecule has 0 spiro atoms. The molecule has 0 bridgehead atoms. The van der Waals surface area contributed by atoms with E-state index in [4.69, 9.17) is 10.5 Å². The lowest BCUT2D eigenvalue weighted by Crippen LogP contribution is -2.28. The van der Waals surface area contributed by atoms with Gasteiger partial charge in [0.2, 0.25) is 5.88 Å². The van der Waals surface area contributed by atoms with Crippen molar-refractivity contribution in [1.29, 1.82) is 5.26 Å². The molecule has 2 aromatic heterocycles. The van der Waals surface area contributed by atoms with Gasteiger partial charge in [-0.15, -0.1) is 0 Å². The van der Waals surface area contributed by atoms with E-state index in [9.17, 15) is 14.4 Å². The molecule has 4 N–H and O–H groups in total. The van der Waals surface area contributed by atoms with Crippen molar-refractivity contribution in [2.24, 2.45) is 5.73 Å². The minimum Gasteiger partial charge on any atom is -0.438 e. The summed E-state index contributed by atoms with van der Waals surface area (Å²) in [6, 6.07) is 17.4. The summed E-state index contributed by atoms with van der Waals surface area (Å²) in [7, 11) is 0. The lowest BCUT2D eigenvalue weighted by molar-refractivity contribution is 0.396. The smallest absolute Gasteiger partial charge is 0.257 e. The Kier molecular flexibility index (Phi) is 4.42. The minimum atomic E-state index is -0.990. The SMILES string of the molecule is N#CC1=C(N)Oc2c(c(=O)[nH]c3nc(Nc4ccccc4)sc23)C1c1ccccc1F. The van der Waals surface area contributed by atoms with Gasteiger partial charge in [-0.1, -0.05) is 47.7 Å². The Balaban J connectivity index is 1.72. The van der Waals surface area contributed by atoms with Crippen LogP contribution in [0.1, 0.15) is 17.0 Å². The monoisotopic (exact) mass is 431 g/mol. The quantitative estimate of drug-likeness (QED) is 0.450. The molecule has 2 aromatic carbocycles. The normalized spacial score (nSPS) is 15.3. The Labute approximate surface area is 179 Å². The molecule has 9 heteroatoms. The molecule has 0 radical (unpaired) electrons. The van der Waals surface area contributed by atoms with Gasteiger partial charge in [0.15, 0.2) is 16.5 Å². The van der Waals surface area contributed by atoms with Crippen LogP contribution in [0.15, 0.2) is 70.8 Å². The number of hydrogen-bond donors (Lipinski definition) is 3. The van der Waals surface area contributed by atoms with E-state index in [1.165, 1.54) is 29.5 Å². The second-order valence-corrected chi connectivity index (χ2v) is 7.83. The molecule has 0 saturated carbocycles. The van der Waals surface area contributed by atoms with Gasteiger partial charge in [0.1, 0.15) is 22.2 Å². The van der Waals surface area contributed by atoms with Gasteiger partial charge in [0.25, 0.3) is 5.56 Å². The van der Waals surface area contributed by atoms with Crippen molar-refractivity contribution in [3.8, 4) is 11.8 Å². The van der Waals surface area contributed by atoms with Crippen LogP contribution in [0.3, 0.4) is 0 Å². The van der Waals surface area contributed by atoms with E-state index in [1.807, 2.05) is 36.4 Å². The van der Waals surface area contributed by atoms with Gasteiger partial charge in [-0.2, -0.15) is 5.26 Å². The Morgan fingerprint density at radius 1 is 1.19 bits per heavy atom. The van der Waals surface area contributed by atoms with Crippen LogP contribution in [0, 0.1) is 17.1 Å². The summed E-state index contributed by atoms with van der Waals surface area (Å²) >= 11 is 1.26. The fraction of sp³-hybridized carbons (Fsp3) is 0.0455. The largest absolute Gasteiger partial charge is 0.438 e. The zero-order valence-corrected chi connectivity index (χ0v) is 16.7. The van der Waals surface area contributed by atoms with Crippen LogP contribution in [-0.4, -0.2) is 9.97 Å². The van der Waals surface area contributed by atoms with Crippen molar-refractivity contribution >= 4 is 32.5 Å². The number of anilines is 2. The molecule has 0 aliphatic carbocycles. The van der Waals surface area contributed by atoms with Gasteiger partial charge in [0, 0.05) is 11.3 Å². The number of allylic oxidation sites excluding steroid dienone is 1. The molecule has 5 rings (SSSR count). The Bertz CT molecular complexity index is 1450. The highest BCUT2D eigenvalue weighted by atomic mass is 32.1. The zero-order chi connectivity index (χ0) is 21.5. The van der Waals surface area contributed by atoms with Crippen molar-refractivity contribution in [3.05, 3.63) is 93.4 Å². The van der Waals surface area contributed by atoms with E-state index in [-0.39, 0.29) is 28.3 Å². The average Bonchev–Trinajstić information content (AvgIpc) is 3.16. The predicted octanol–water partition coefficient (Wildman–Crippen LogP) is 4.09. The first-order valence-electron chi connectivity index (χ1n) is 9.27. The molecule has 0 saturated heterocycles. The molecule has 1 unspecified atom stereocenters. The number of pyridine rings is 1. The topological polar surface area (TPSA) is 117 Å². The summed E-state index contributed by atoms with van der Waals surface area (Å²) in [6.45, 7) is 0. The third kappa shape index (κ3) is 3.10. The number of fused-ring (bicyclic) bond motifs is 3. The lowest BCUT2D eigenvalue weighted by atomic mass is 9.84. The fourth-order valence-corrected chi connectivity index (χ4v) is 4.55. The second kappa shape index (κ2) is 7.27. The number of nitrogens with two attached hydrogens (primary N) is 1. The van der Waals surface area contributed by atoms with Gasteiger partial charge in [-0.25, -0.2) is 9.37 Å². The van der Waals surface area contributed by atoms with Crippen LogP contribution in [0.25, 0.3) is 10.3 Å². The number of aromatic amines is 1. The lowest BCUT2D eigenvalue weighted by Gasteiger charge is -2.25. The van der Waals surface area contributed by atoms with Crippen LogP contribution < -0.4 is 21.3 Å². The molecular weight excluding hydrogens is 417 g/mol. The molecular formula is C22H14FN5O2S. The summed E-state index contributed by atoms with van der Waals surface area (Å²) in [5.41, 5.74) is 6.92.